The number of rotatable bonds is 5. The summed E-state index contributed by atoms with van der Waals surface area (Å²) < 4.78 is 7.28. The predicted octanol–water partition coefficient (Wildman–Crippen LogP) is 2.06. The molecule has 0 unspecified atom stereocenters. The van der Waals surface area contributed by atoms with Gasteiger partial charge < -0.3 is 9.30 Å². The lowest BCUT2D eigenvalue weighted by Gasteiger charge is -2.07. The van der Waals surface area contributed by atoms with Gasteiger partial charge in [-0.2, -0.15) is 4.98 Å². The summed E-state index contributed by atoms with van der Waals surface area (Å²) in [5.41, 5.74) is 2.47. The molecule has 0 aliphatic carbocycles. The fourth-order valence-electron chi connectivity index (χ4n) is 2.23. The van der Waals surface area contributed by atoms with E-state index in [0.29, 0.717) is 30.2 Å². The Kier molecular flexibility index (Phi) is 3.96. The van der Waals surface area contributed by atoms with Gasteiger partial charge in [0.1, 0.15) is 12.2 Å². The van der Waals surface area contributed by atoms with Crippen LogP contribution in [0.4, 0.5) is 0 Å². The van der Waals surface area contributed by atoms with E-state index in [1.54, 1.807) is 13.3 Å². The van der Waals surface area contributed by atoms with E-state index >= 15 is 0 Å². The van der Waals surface area contributed by atoms with Crippen molar-refractivity contribution in [3.8, 4) is 5.88 Å². The summed E-state index contributed by atoms with van der Waals surface area (Å²) in [6.07, 6.45) is 5.71. The molecule has 3 aromatic rings. The molecule has 0 aliphatic heterocycles. The first-order valence-corrected chi connectivity index (χ1v) is 7.06. The van der Waals surface area contributed by atoms with Crippen LogP contribution in [0.15, 0.2) is 30.9 Å². The van der Waals surface area contributed by atoms with Crippen molar-refractivity contribution >= 4 is 22.8 Å². The SMILES string of the molecule is COc1ncnc2c1nc(CCCl)n2Cc1cccnc1. The lowest BCUT2D eigenvalue weighted by Crippen LogP contribution is -2.07. The highest BCUT2D eigenvalue weighted by Crippen LogP contribution is 2.23. The highest BCUT2D eigenvalue weighted by atomic mass is 35.5. The highest BCUT2D eigenvalue weighted by molar-refractivity contribution is 6.17. The molecule has 0 radical (unpaired) electrons. The molecule has 0 atom stereocenters. The zero-order valence-electron chi connectivity index (χ0n) is 11.5. The quantitative estimate of drug-likeness (QED) is 0.675. The van der Waals surface area contributed by atoms with Gasteiger partial charge in [0.25, 0.3) is 0 Å². The number of hydrogen-bond donors (Lipinski definition) is 0. The number of nitrogens with zero attached hydrogens (tertiary/aromatic N) is 5. The van der Waals surface area contributed by atoms with Gasteiger partial charge in [0, 0.05) is 24.7 Å². The number of alkyl halides is 1. The molecule has 0 bridgehead atoms. The van der Waals surface area contributed by atoms with Crippen LogP contribution in [0.5, 0.6) is 5.88 Å². The minimum atomic E-state index is 0.473. The maximum absolute atomic E-state index is 5.88. The van der Waals surface area contributed by atoms with Crippen molar-refractivity contribution in [1.82, 2.24) is 24.5 Å². The van der Waals surface area contributed by atoms with Crippen LogP contribution in [0.25, 0.3) is 11.2 Å². The third-order valence-electron chi connectivity index (χ3n) is 3.15. The number of aromatic nitrogens is 5. The standard InChI is InChI=1S/C14H14ClN5O/c1-21-14-12-13(17-9-18-14)20(11(19-12)4-5-15)8-10-3-2-6-16-7-10/h2-3,6-7,9H,4-5,8H2,1H3. The molecule has 6 nitrogen and oxygen atoms in total. The maximum Gasteiger partial charge on any atom is 0.245 e. The van der Waals surface area contributed by atoms with Crippen LogP contribution in [-0.4, -0.2) is 37.5 Å². The van der Waals surface area contributed by atoms with Gasteiger partial charge >= 0.3 is 0 Å². The molecule has 3 heterocycles. The minimum absolute atomic E-state index is 0.473. The van der Waals surface area contributed by atoms with Crippen molar-refractivity contribution in [3.05, 3.63) is 42.2 Å². The summed E-state index contributed by atoms with van der Waals surface area (Å²) in [4.78, 5) is 17.1. The zero-order valence-corrected chi connectivity index (χ0v) is 12.3. The number of methoxy groups -OCH3 is 1. The molecule has 108 valence electrons. The molecule has 0 saturated carbocycles. The maximum atomic E-state index is 5.88. The summed E-state index contributed by atoms with van der Waals surface area (Å²) >= 11 is 5.88. The van der Waals surface area contributed by atoms with Gasteiger partial charge in [0.15, 0.2) is 11.2 Å². The van der Waals surface area contributed by atoms with Gasteiger partial charge in [-0.15, -0.1) is 11.6 Å². The number of aryl methyl sites for hydroxylation is 1. The summed E-state index contributed by atoms with van der Waals surface area (Å²) in [6.45, 7) is 0.636. The van der Waals surface area contributed by atoms with E-state index in [0.717, 1.165) is 17.0 Å². The Morgan fingerprint density at radius 3 is 2.95 bits per heavy atom. The van der Waals surface area contributed by atoms with Crippen molar-refractivity contribution in [1.29, 1.82) is 0 Å². The third-order valence-corrected chi connectivity index (χ3v) is 3.34. The number of hydrogen-bond acceptors (Lipinski definition) is 5. The van der Waals surface area contributed by atoms with Crippen LogP contribution >= 0.6 is 11.6 Å². The van der Waals surface area contributed by atoms with E-state index < -0.39 is 0 Å². The molecular formula is C14H14ClN5O. The van der Waals surface area contributed by atoms with Gasteiger partial charge in [-0.1, -0.05) is 6.07 Å². The Bertz CT molecular complexity index is 744. The van der Waals surface area contributed by atoms with Crippen molar-refractivity contribution in [2.24, 2.45) is 0 Å². The topological polar surface area (TPSA) is 65.7 Å². The molecule has 3 rings (SSSR count). The van der Waals surface area contributed by atoms with Crippen LogP contribution in [0, 0.1) is 0 Å². The van der Waals surface area contributed by atoms with Crippen molar-refractivity contribution in [2.45, 2.75) is 13.0 Å². The second-order valence-electron chi connectivity index (χ2n) is 4.47. The molecule has 0 N–H and O–H groups in total. The van der Waals surface area contributed by atoms with E-state index in [-0.39, 0.29) is 0 Å². The number of halogens is 1. The van der Waals surface area contributed by atoms with E-state index in [9.17, 15) is 0 Å². The number of fused-ring (bicyclic) bond motifs is 1. The van der Waals surface area contributed by atoms with Crippen LogP contribution in [0.3, 0.4) is 0 Å². The number of ether oxygens (including phenoxy) is 1. The van der Waals surface area contributed by atoms with Crippen molar-refractivity contribution < 1.29 is 4.74 Å². The minimum Gasteiger partial charge on any atom is -0.479 e. The van der Waals surface area contributed by atoms with Gasteiger partial charge in [-0.05, 0) is 11.6 Å². The molecule has 0 amide bonds. The Labute approximate surface area is 126 Å². The average molecular weight is 304 g/mol. The zero-order chi connectivity index (χ0) is 14.7. The summed E-state index contributed by atoms with van der Waals surface area (Å²) in [6, 6.07) is 3.92. The van der Waals surface area contributed by atoms with Crippen LogP contribution < -0.4 is 4.74 Å². The van der Waals surface area contributed by atoms with E-state index in [2.05, 4.69) is 19.9 Å². The second-order valence-corrected chi connectivity index (χ2v) is 4.85. The van der Waals surface area contributed by atoms with Gasteiger partial charge in [0.05, 0.1) is 13.7 Å². The number of imidazole rings is 1. The molecule has 0 aromatic carbocycles. The molecular weight excluding hydrogens is 290 g/mol. The second kappa shape index (κ2) is 6.05. The smallest absolute Gasteiger partial charge is 0.245 e. The van der Waals surface area contributed by atoms with Crippen molar-refractivity contribution in [2.75, 3.05) is 13.0 Å². The Balaban J connectivity index is 2.12. The van der Waals surface area contributed by atoms with Gasteiger partial charge in [-0.25, -0.2) is 9.97 Å². The summed E-state index contributed by atoms with van der Waals surface area (Å²) in [5.74, 6) is 1.83. The third kappa shape index (κ3) is 2.67. The van der Waals surface area contributed by atoms with E-state index in [1.165, 1.54) is 6.33 Å². The predicted molar refractivity (Wildman–Crippen MR) is 79.6 cm³/mol. The first kappa shape index (κ1) is 13.8. The van der Waals surface area contributed by atoms with Gasteiger partial charge in [0.2, 0.25) is 5.88 Å². The normalized spacial score (nSPS) is 11.0. The number of pyridine rings is 1. The van der Waals surface area contributed by atoms with Crippen LogP contribution in [-0.2, 0) is 13.0 Å². The van der Waals surface area contributed by atoms with E-state index in [1.807, 2.05) is 22.9 Å². The van der Waals surface area contributed by atoms with Crippen LogP contribution in [0.2, 0.25) is 0 Å². The Morgan fingerprint density at radius 2 is 2.24 bits per heavy atom. The van der Waals surface area contributed by atoms with Crippen LogP contribution in [0.1, 0.15) is 11.4 Å². The fraction of sp³-hybridized carbons (Fsp3) is 0.286. The molecule has 0 aliphatic rings. The molecule has 0 fully saturated rings. The molecule has 0 saturated heterocycles. The lowest BCUT2D eigenvalue weighted by molar-refractivity contribution is 0.401. The largest absolute Gasteiger partial charge is 0.479 e. The molecule has 21 heavy (non-hydrogen) atoms. The molecule has 0 spiro atoms. The fourth-order valence-corrected chi connectivity index (χ4v) is 2.40. The molecule has 7 heteroatoms. The van der Waals surface area contributed by atoms with E-state index in [4.69, 9.17) is 16.3 Å². The molecule has 3 aromatic heterocycles. The first-order chi connectivity index (χ1) is 10.3. The average Bonchev–Trinajstić information content (AvgIpc) is 2.87. The first-order valence-electron chi connectivity index (χ1n) is 6.52. The van der Waals surface area contributed by atoms with Gasteiger partial charge in [-0.3, -0.25) is 4.98 Å². The van der Waals surface area contributed by atoms with Crippen molar-refractivity contribution in [3.63, 3.8) is 0 Å². The highest BCUT2D eigenvalue weighted by Gasteiger charge is 2.16. The Morgan fingerprint density at radius 1 is 1.33 bits per heavy atom. The lowest BCUT2D eigenvalue weighted by atomic mass is 10.3. The Hall–Kier alpha value is -2.21. The summed E-state index contributed by atoms with van der Waals surface area (Å²) in [5, 5.41) is 0. The summed E-state index contributed by atoms with van der Waals surface area (Å²) in [7, 11) is 1.57. The monoisotopic (exact) mass is 303 g/mol.